The summed E-state index contributed by atoms with van der Waals surface area (Å²) >= 11 is 0. The molecule has 9 heteroatoms. The Labute approximate surface area is 354 Å². The summed E-state index contributed by atoms with van der Waals surface area (Å²) in [7, 11) is 0. The first-order valence-electron chi connectivity index (χ1n) is 23.5. The van der Waals surface area contributed by atoms with E-state index in [1.807, 2.05) is 0 Å². The van der Waals surface area contributed by atoms with Crippen LogP contribution >= 0.6 is 0 Å². The van der Waals surface area contributed by atoms with E-state index < -0.39 is 24.5 Å². The van der Waals surface area contributed by atoms with Gasteiger partial charge < -0.3 is 25.6 Å². The minimum atomic E-state index is -1.38. The monoisotopic (exact) mass is 815 g/mol. The van der Waals surface area contributed by atoms with Crippen LogP contribution in [-0.4, -0.2) is 59.3 Å². The van der Waals surface area contributed by atoms with Crippen molar-refractivity contribution in [3.63, 3.8) is 0 Å². The summed E-state index contributed by atoms with van der Waals surface area (Å²) in [5.74, 6) is -2.30. The van der Waals surface area contributed by atoms with Crippen molar-refractivity contribution in [2.24, 2.45) is 0 Å². The SMILES string of the molecule is CC/C=C\C/C=C\C/C=C\C/C=C\CCCCCCCCCCC(=O)OC(CCCCCCCCCCC)CCCCCCCC(=O)NCC(=O)NC(CO)C(=O)O. The first kappa shape index (κ1) is 54.8. The highest BCUT2D eigenvalue weighted by molar-refractivity contribution is 5.87. The molecule has 0 aromatic heterocycles. The first-order chi connectivity index (χ1) is 28.3. The second-order valence-electron chi connectivity index (χ2n) is 15.8. The van der Waals surface area contributed by atoms with Gasteiger partial charge in [0.15, 0.2) is 0 Å². The summed E-state index contributed by atoms with van der Waals surface area (Å²) in [6.45, 7) is 3.37. The lowest BCUT2D eigenvalue weighted by molar-refractivity contribution is -0.150. The number of rotatable bonds is 42. The van der Waals surface area contributed by atoms with Gasteiger partial charge in [0.2, 0.25) is 11.8 Å². The van der Waals surface area contributed by atoms with Crippen molar-refractivity contribution in [2.45, 2.75) is 225 Å². The number of ether oxygens (including phenoxy) is 1. The lowest BCUT2D eigenvalue weighted by atomic mass is 10.0. The van der Waals surface area contributed by atoms with E-state index in [2.05, 4.69) is 73.1 Å². The second-order valence-corrected chi connectivity index (χ2v) is 15.8. The molecular weight excluding hydrogens is 729 g/mol. The number of carboxylic acids is 1. The van der Waals surface area contributed by atoms with Crippen molar-refractivity contribution >= 4 is 23.8 Å². The van der Waals surface area contributed by atoms with E-state index in [1.54, 1.807) is 0 Å². The van der Waals surface area contributed by atoms with Gasteiger partial charge in [-0.25, -0.2) is 4.79 Å². The van der Waals surface area contributed by atoms with Gasteiger partial charge in [0, 0.05) is 12.8 Å². The summed E-state index contributed by atoms with van der Waals surface area (Å²) < 4.78 is 6.03. The quantitative estimate of drug-likeness (QED) is 0.0273. The Kier molecular flexibility index (Phi) is 41.0. The van der Waals surface area contributed by atoms with Crippen LogP contribution in [0, 0.1) is 0 Å². The Bertz CT molecular complexity index is 1120. The number of allylic oxidation sites excluding steroid dienone is 8. The standard InChI is InChI=1S/C49H86N2O7/c1-3-5-7-9-11-13-14-15-16-17-18-19-20-21-22-23-24-26-28-33-37-41-48(55)58-44(38-34-30-27-25-12-10-8-6-4-2)39-35-31-29-32-36-40-46(53)50-42-47(54)51-45(43-52)49(56)57/h5,7,11,13,15-16,18-19,44-45,52H,3-4,6,8-10,12,14,17,20-43H2,1-2H3,(H,50,53)(H,51,54)(H,56,57)/b7-5-,13-11-,16-15-,19-18-. The summed E-state index contributed by atoms with van der Waals surface area (Å²) in [4.78, 5) is 47.6. The number of esters is 1. The number of carboxylic acid groups (broad SMARTS) is 1. The molecule has 0 saturated carbocycles. The van der Waals surface area contributed by atoms with Gasteiger partial charge in [0.25, 0.3) is 0 Å². The van der Waals surface area contributed by atoms with Gasteiger partial charge in [0.1, 0.15) is 12.1 Å². The van der Waals surface area contributed by atoms with Crippen LogP contribution in [0.5, 0.6) is 0 Å². The maximum atomic E-state index is 12.8. The van der Waals surface area contributed by atoms with Crippen LogP contribution in [0.4, 0.5) is 0 Å². The minimum absolute atomic E-state index is 0.0165. The molecule has 0 aliphatic rings. The van der Waals surface area contributed by atoms with Crippen molar-refractivity contribution < 1.29 is 34.1 Å². The zero-order valence-electron chi connectivity index (χ0n) is 37.0. The Morgan fingerprint density at radius 3 is 1.48 bits per heavy atom. The van der Waals surface area contributed by atoms with Crippen molar-refractivity contribution in [3.05, 3.63) is 48.6 Å². The van der Waals surface area contributed by atoms with Gasteiger partial charge >= 0.3 is 11.9 Å². The Hall–Kier alpha value is -3.20. The largest absolute Gasteiger partial charge is 0.480 e. The van der Waals surface area contributed by atoms with Gasteiger partial charge in [-0.3, -0.25) is 14.4 Å². The average molecular weight is 815 g/mol. The van der Waals surface area contributed by atoms with Crippen LogP contribution in [-0.2, 0) is 23.9 Å². The molecule has 0 radical (unpaired) electrons. The lowest BCUT2D eigenvalue weighted by Gasteiger charge is -2.18. The fourth-order valence-electron chi connectivity index (χ4n) is 6.77. The smallest absolute Gasteiger partial charge is 0.328 e. The van der Waals surface area contributed by atoms with Crippen LogP contribution in [0.3, 0.4) is 0 Å². The maximum Gasteiger partial charge on any atom is 0.328 e. The highest BCUT2D eigenvalue weighted by atomic mass is 16.5. The van der Waals surface area contributed by atoms with Gasteiger partial charge in [-0.2, -0.15) is 0 Å². The molecule has 2 amide bonds. The maximum absolute atomic E-state index is 12.8. The molecule has 0 aliphatic heterocycles. The third kappa shape index (κ3) is 39.6. The first-order valence-corrected chi connectivity index (χ1v) is 23.5. The number of nitrogens with one attached hydrogen (secondary N) is 2. The third-order valence-electron chi connectivity index (χ3n) is 10.3. The third-order valence-corrected chi connectivity index (χ3v) is 10.3. The molecule has 4 N–H and O–H groups in total. The predicted molar refractivity (Wildman–Crippen MR) is 241 cm³/mol. The molecule has 2 unspecified atom stereocenters. The van der Waals surface area contributed by atoms with Gasteiger partial charge in [-0.05, 0) is 77.0 Å². The van der Waals surface area contributed by atoms with Gasteiger partial charge in [-0.1, -0.05) is 172 Å². The van der Waals surface area contributed by atoms with Crippen molar-refractivity contribution in [1.82, 2.24) is 10.6 Å². The van der Waals surface area contributed by atoms with Crippen LogP contribution in [0.1, 0.15) is 213 Å². The number of carbonyl (C=O) groups excluding carboxylic acids is 3. The number of aliphatic hydroxyl groups excluding tert-OH is 1. The summed E-state index contributed by atoms with van der Waals surface area (Å²) in [5.41, 5.74) is 0. The zero-order valence-corrected chi connectivity index (χ0v) is 37.0. The molecule has 0 heterocycles. The fourth-order valence-corrected chi connectivity index (χ4v) is 6.77. The number of amides is 2. The van der Waals surface area contributed by atoms with Crippen molar-refractivity contribution in [1.29, 1.82) is 0 Å². The predicted octanol–water partition coefficient (Wildman–Crippen LogP) is 11.9. The molecule has 0 bridgehead atoms. The molecule has 58 heavy (non-hydrogen) atoms. The summed E-state index contributed by atoms with van der Waals surface area (Å²) in [5, 5.41) is 22.6. The Balaban J connectivity index is 4.19. The average Bonchev–Trinajstić information content (AvgIpc) is 3.21. The molecule has 0 aliphatic carbocycles. The van der Waals surface area contributed by atoms with Crippen LogP contribution in [0.2, 0.25) is 0 Å². The summed E-state index contributed by atoms with van der Waals surface area (Å²) in [6.07, 6.45) is 51.4. The van der Waals surface area contributed by atoms with Crippen LogP contribution < -0.4 is 10.6 Å². The highest BCUT2D eigenvalue weighted by Crippen LogP contribution is 2.19. The van der Waals surface area contributed by atoms with E-state index in [9.17, 15) is 19.2 Å². The topological polar surface area (TPSA) is 142 Å². The second kappa shape index (κ2) is 43.4. The molecule has 334 valence electrons. The number of aliphatic hydroxyl groups is 1. The zero-order chi connectivity index (χ0) is 42.6. The molecule has 0 rings (SSSR count). The minimum Gasteiger partial charge on any atom is -0.480 e. The lowest BCUT2D eigenvalue weighted by Crippen LogP contribution is -2.47. The molecule has 0 spiro atoms. The van der Waals surface area contributed by atoms with E-state index in [1.165, 1.54) is 96.3 Å². The van der Waals surface area contributed by atoms with E-state index in [0.717, 1.165) is 83.5 Å². The molecule has 9 nitrogen and oxygen atoms in total. The Morgan fingerprint density at radius 1 is 0.534 bits per heavy atom. The van der Waals surface area contributed by atoms with Crippen molar-refractivity contribution in [3.8, 4) is 0 Å². The number of unbranched alkanes of at least 4 members (excludes halogenated alkanes) is 20. The normalized spacial score (nSPS) is 12.9. The number of hydrogen-bond acceptors (Lipinski definition) is 6. The van der Waals surface area contributed by atoms with Crippen molar-refractivity contribution in [2.75, 3.05) is 13.2 Å². The summed E-state index contributed by atoms with van der Waals surface area (Å²) in [6, 6.07) is -1.38. The van der Waals surface area contributed by atoms with Gasteiger partial charge in [0.05, 0.1) is 13.2 Å². The number of carbonyl (C=O) groups is 4. The van der Waals surface area contributed by atoms with Crippen LogP contribution in [0.15, 0.2) is 48.6 Å². The molecule has 0 saturated heterocycles. The fraction of sp³-hybridized carbons (Fsp3) is 0.755. The molecule has 0 fully saturated rings. The van der Waals surface area contributed by atoms with E-state index in [0.29, 0.717) is 19.3 Å². The van der Waals surface area contributed by atoms with Gasteiger partial charge in [-0.15, -0.1) is 0 Å². The van der Waals surface area contributed by atoms with E-state index in [4.69, 9.17) is 14.9 Å². The van der Waals surface area contributed by atoms with E-state index in [-0.39, 0.29) is 24.5 Å². The molecule has 0 aromatic rings. The number of hydrogen-bond donors (Lipinski definition) is 4. The Morgan fingerprint density at radius 2 is 0.983 bits per heavy atom. The molecule has 2 atom stereocenters. The molecule has 0 aromatic carbocycles. The van der Waals surface area contributed by atoms with E-state index >= 15 is 0 Å². The number of aliphatic carboxylic acids is 1. The van der Waals surface area contributed by atoms with Crippen LogP contribution in [0.25, 0.3) is 0 Å². The highest BCUT2D eigenvalue weighted by Gasteiger charge is 2.19. The molecular formula is C49H86N2O7.